The van der Waals surface area contributed by atoms with Gasteiger partial charge in [-0.15, -0.1) is 5.10 Å². The highest BCUT2D eigenvalue weighted by Crippen LogP contribution is 2.22. The van der Waals surface area contributed by atoms with Crippen molar-refractivity contribution in [3.8, 4) is 0 Å². The fraction of sp³-hybridized carbons (Fsp3) is 0.500. The van der Waals surface area contributed by atoms with Crippen LogP contribution in [0.25, 0.3) is 0 Å². The molecular formula is C8H11N3O. The molecule has 0 radical (unpaired) electrons. The van der Waals surface area contributed by atoms with Crippen molar-refractivity contribution >= 4 is 5.82 Å². The van der Waals surface area contributed by atoms with E-state index in [-0.39, 0.29) is 6.10 Å². The van der Waals surface area contributed by atoms with Gasteiger partial charge in [-0.25, -0.2) is 0 Å². The largest absolute Gasteiger partial charge is 0.393 e. The van der Waals surface area contributed by atoms with Crippen LogP contribution in [-0.2, 0) is 0 Å². The lowest BCUT2D eigenvalue weighted by molar-refractivity contribution is 0.0835. The monoisotopic (exact) mass is 165 g/mol. The van der Waals surface area contributed by atoms with Gasteiger partial charge < -0.3 is 10.4 Å². The molecule has 1 heterocycles. The summed E-state index contributed by atoms with van der Waals surface area (Å²) in [5.74, 6) is 0.786. The van der Waals surface area contributed by atoms with Gasteiger partial charge in [-0.2, -0.15) is 5.10 Å². The Morgan fingerprint density at radius 1 is 1.50 bits per heavy atom. The van der Waals surface area contributed by atoms with Crippen LogP contribution in [0.15, 0.2) is 18.3 Å². The van der Waals surface area contributed by atoms with Crippen LogP contribution in [0.5, 0.6) is 0 Å². The fourth-order valence-electron chi connectivity index (χ4n) is 1.29. The van der Waals surface area contributed by atoms with Crippen LogP contribution in [0.3, 0.4) is 0 Å². The Balaban J connectivity index is 1.88. The highest BCUT2D eigenvalue weighted by molar-refractivity contribution is 5.33. The van der Waals surface area contributed by atoms with E-state index < -0.39 is 0 Å². The maximum Gasteiger partial charge on any atom is 0.148 e. The summed E-state index contributed by atoms with van der Waals surface area (Å²) in [5, 5.41) is 19.8. The molecule has 1 fully saturated rings. The maximum absolute atomic E-state index is 9.02. The molecule has 4 heteroatoms. The number of rotatable bonds is 2. The van der Waals surface area contributed by atoms with E-state index in [0.717, 1.165) is 18.7 Å². The Bertz CT molecular complexity index is 246. The van der Waals surface area contributed by atoms with Crippen LogP contribution >= 0.6 is 0 Å². The minimum atomic E-state index is -0.126. The van der Waals surface area contributed by atoms with Crippen LogP contribution in [-0.4, -0.2) is 27.4 Å². The van der Waals surface area contributed by atoms with E-state index in [0.29, 0.717) is 6.04 Å². The molecule has 2 N–H and O–H groups in total. The third-order valence-electron chi connectivity index (χ3n) is 2.04. The van der Waals surface area contributed by atoms with Gasteiger partial charge in [-0.05, 0) is 25.0 Å². The molecule has 12 heavy (non-hydrogen) atoms. The van der Waals surface area contributed by atoms with Gasteiger partial charge in [0, 0.05) is 12.2 Å². The number of hydrogen-bond donors (Lipinski definition) is 2. The first-order valence-corrected chi connectivity index (χ1v) is 4.07. The summed E-state index contributed by atoms with van der Waals surface area (Å²) < 4.78 is 0. The Hall–Kier alpha value is -1.16. The molecule has 1 saturated carbocycles. The maximum atomic E-state index is 9.02. The summed E-state index contributed by atoms with van der Waals surface area (Å²) in [6.45, 7) is 0. The molecule has 0 aliphatic heterocycles. The number of aliphatic hydroxyl groups is 1. The molecule has 0 unspecified atom stereocenters. The molecule has 64 valence electrons. The zero-order valence-electron chi connectivity index (χ0n) is 6.64. The minimum absolute atomic E-state index is 0.126. The van der Waals surface area contributed by atoms with Gasteiger partial charge in [0.15, 0.2) is 0 Å². The van der Waals surface area contributed by atoms with Crippen LogP contribution in [0.2, 0.25) is 0 Å². The summed E-state index contributed by atoms with van der Waals surface area (Å²) in [6, 6.07) is 4.08. The predicted molar refractivity (Wildman–Crippen MR) is 44.7 cm³/mol. The van der Waals surface area contributed by atoms with Crippen molar-refractivity contribution in [3.63, 3.8) is 0 Å². The number of anilines is 1. The van der Waals surface area contributed by atoms with Crippen molar-refractivity contribution in [2.75, 3.05) is 5.32 Å². The quantitative estimate of drug-likeness (QED) is 0.666. The van der Waals surface area contributed by atoms with E-state index >= 15 is 0 Å². The highest BCUT2D eigenvalue weighted by Gasteiger charge is 2.26. The van der Waals surface area contributed by atoms with Gasteiger partial charge in [0.2, 0.25) is 0 Å². The Morgan fingerprint density at radius 2 is 2.33 bits per heavy atom. The van der Waals surface area contributed by atoms with Gasteiger partial charge in [-0.3, -0.25) is 0 Å². The second-order valence-electron chi connectivity index (χ2n) is 3.08. The SMILES string of the molecule is OC1CC(Nc2cccnn2)C1. The standard InChI is InChI=1S/C8H11N3O/c12-7-4-6(5-7)10-8-2-1-3-9-11-8/h1-3,6-7,12H,4-5H2,(H,10,11). The second-order valence-corrected chi connectivity index (χ2v) is 3.08. The first kappa shape index (κ1) is 7.49. The lowest BCUT2D eigenvalue weighted by Gasteiger charge is -2.32. The number of aromatic nitrogens is 2. The summed E-state index contributed by atoms with van der Waals surface area (Å²) in [7, 11) is 0. The first-order valence-electron chi connectivity index (χ1n) is 4.07. The van der Waals surface area contributed by atoms with Crippen molar-refractivity contribution in [2.45, 2.75) is 25.0 Å². The zero-order chi connectivity index (χ0) is 8.39. The average molecular weight is 165 g/mol. The van der Waals surface area contributed by atoms with Gasteiger partial charge in [-0.1, -0.05) is 0 Å². The molecule has 1 aromatic heterocycles. The van der Waals surface area contributed by atoms with Crippen LogP contribution in [0.4, 0.5) is 5.82 Å². The van der Waals surface area contributed by atoms with E-state index in [2.05, 4.69) is 15.5 Å². The Labute approximate surface area is 70.6 Å². The first-order chi connectivity index (χ1) is 5.84. The number of aliphatic hydroxyl groups excluding tert-OH is 1. The topological polar surface area (TPSA) is 58.0 Å². The van der Waals surface area contributed by atoms with Crippen LogP contribution in [0.1, 0.15) is 12.8 Å². The van der Waals surface area contributed by atoms with E-state index in [4.69, 9.17) is 5.11 Å². The molecule has 0 bridgehead atoms. The van der Waals surface area contributed by atoms with E-state index in [1.165, 1.54) is 0 Å². The predicted octanol–water partition coefficient (Wildman–Crippen LogP) is 0.412. The number of nitrogens with one attached hydrogen (secondary N) is 1. The van der Waals surface area contributed by atoms with E-state index in [9.17, 15) is 0 Å². The molecule has 0 atom stereocenters. The Morgan fingerprint density at radius 3 is 2.92 bits per heavy atom. The normalized spacial score (nSPS) is 27.8. The van der Waals surface area contributed by atoms with Crippen molar-refractivity contribution < 1.29 is 5.11 Å². The minimum Gasteiger partial charge on any atom is -0.393 e. The van der Waals surface area contributed by atoms with Gasteiger partial charge >= 0.3 is 0 Å². The van der Waals surface area contributed by atoms with Crippen molar-refractivity contribution in [2.24, 2.45) is 0 Å². The molecule has 0 amide bonds. The summed E-state index contributed by atoms with van der Waals surface area (Å²) in [4.78, 5) is 0. The zero-order valence-corrected chi connectivity index (χ0v) is 6.64. The third-order valence-corrected chi connectivity index (χ3v) is 2.04. The van der Waals surface area contributed by atoms with Crippen LogP contribution in [0, 0.1) is 0 Å². The summed E-state index contributed by atoms with van der Waals surface area (Å²) >= 11 is 0. The third kappa shape index (κ3) is 1.53. The summed E-state index contributed by atoms with van der Waals surface area (Å²) in [6.07, 6.45) is 3.15. The molecule has 2 rings (SSSR count). The Kier molecular flexibility index (Phi) is 1.91. The highest BCUT2D eigenvalue weighted by atomic mass is 16.3. The molecule has 1 aromatic rings. The molecule has 1 aliphatic rings. The average Bonchev–Trinajstić information content (AvgIpc) is 2.04. The summed E-state index contributed by atoms with van der Waals surface area (Å²) in [5.41, 5.74) is 0. The molecule has 0 aromatic carbocycles. The fourth-order valence-corrected chi connectivity index (χ4v) is 1.29. The van der Waals surface area contributed by atoms with Gasteiger partial charge in [0.25, 0.3) is 0 Å². The van der Waals surface area contributed by atoms with E-state index in [1.54, 1.807) is 6.20 Å². The number of nitrogens with zero attached hydrogens (tertiary/aromatic N) is 2. The molecule has 0 spiro atoms. The van der Waals surface area contributed by atoms with Crippen molar-refractivity contribution in [3.05, 3.63) is 18.3 Å². The van der Waals surface area contributed by atoms with E-state index in [1.807, 2.05) is 12.1 Å². The molecule has 1 aliphatic carbocycles. The van der Waals surface area contributed by atoms with Gasteiger partial charge in [0.05, 0.1) is 6.10 Å². The van der Waals surface area contributed by atoms with Gasteiger partial charge in [0.1, 0.15) is 5.82 Å². The lowest BCUT2D eigenvalue weighted by Crippen LogP contribution is -2.39. The second kappa shape index (κ2) is 3.06. The lowest BCUT2D eigenvalue weighted by atomic mass is 9.89. The smallest absolute Gasteiger partial charge is 0.148 e. The molecular weight excluding hydrogens is 154 g/mol. The van der Waals surface area contributed by atoms with Crippen molar-refractivity contribution in [1.29, 1.82) is 0 Å². The molecule has 4 nitrogen and oxygen atoms in total. The molecule has 0 saturated heterocycles. The van der Waals surface area contributed by atoms with Crippen LogP contribution < -0.4 is 5.32 Å². The number of hydrogen-bond acceptors (Lipinski definition) is 4. The van der Waals surface area contributed by atoms with Crippen molar-refractivity contribution in [1.82, 2.24) is 10.2 Å².